The van der Waals surface area contributed by atoms with E-state index < -0.39 is 0 Å². The number of carbonyl (C=O) groups excluding carboxylic acids is 1. The lowest BCUT2D eigenvalue weighted by Crippen LogP contribution is -2.38. The van der Waals surface area contributed by atoms with Gasteiger partial charge in [0.2, 0.25) is 0 Å². The standard InChI is InChI=1S/C14H20N2O3/c1-4-8-19-13-7-5-6-12(9-13)16-14(17)15-11(2)10-18-3/h4-7,9,11H,1,8,10H2,2-3H3,(H2,15,16,17). The number of hydrogen-bond acceptors (Lipinski definition) is 3. The number of methoxy groups -OCH3 is 1. The number of anilines is 1. The van der Waals surface area contributed by atoms with Crippen LogP contribution in [-0.2, 0) is 4.74 Å². The largest absolute Gasteiger partial charge is 0.489 e. The molecule has 104 valence electrons. The third-order valence-electron chi connectivity index (χ3n) is 2.25. The SMILES string of the molecule is C=CCOc1cccc(NC(=O)NC(C)COC)c1. The van der Waals surface area contributed by atoms with Crippen LogP contribution in [0.4, 0.5) is 10.5 Å². The van der Waals surface area contributed by atoms with Crippen LogP contribution in [0.25, 0.3) is 0 Å². The molecule has 1 aromatic carbocycles. The van der Waals surface area contributed by atoms with Crippen LogP contribution in [0, 0.1) is 0 Å². The molecule has 0 aliphatic rings. The Balaban J connectivity index is 2.51. The summed E-state index contributed by atoms with van der Waals surface area (Å²) in [4.78, 5) is 11.7. The van der Waals surface area contributed by atoms with E-state index in [0.29, 0.717) is 24.7 Å². The average Bonchev–Trinajstić information content (AvgIpc) is 2.36. The molecule has 1 aromatic rings. The van der Waals surface area contributed by atoms with Crippen molar-refractivity contribution < 1.29 is 14.3 Å². The van der Waals surface area contributed by atoms with Gasteiger partial charge in [0.05, 0.1) is 12.6 Å². The first-order valence-electron chi connectivity index (χ1n) is 6.06. The van der Waals surface area contributed by atoms with E-state index in [-0.39, 0.29) is 12.1 Å². The number of nitrogens with one attached hydrogen (secondary N) is 2. The van der Waals surface area contributed by atoms with Gasteiger partial charge >= 0.3 is 6.03 Å². The van der Waals surface area contributed by atoms with Gasteiger partial charge in [-0.2, -0.15) is 0 Å². The van der Waals surface area contributed by atoms with Gasteiger partial charge in [0, 0.05) is 18.9 Å². The summed E-state index contributed by atoms with van der Waals surface area (Å²) in [5, 5.41) is 5.50. The van der Waals surface area contributed by atoms with Crippen LogP contribution in [0.2, 0.25) is 0 Å². The molecule has 2 amide bonds. The summed E-state index contributed by atoms with van der Waals surface area (Å²) in [6.07, 6.45) is 1.67. The number of hydrogen-bond donors (Lipinski definition) is 2. The molecule has 0 saturated carbocycles. The Morgan fingerprint density at radius 1 is 1.53 bits per heavy atom. The first-order valence-corrected chi connectivity index (χ1v) is 6.06. The fourth-order valence-electron chi connectivity index (χ4n) is 1.50. The van der Waals surface area contributed by atoms with Gasteiger partial charge in [0.1, 0.15) is 12.4 Å². The van der Waals surface area contributed by atoms with Gasteiger partial charge in [-0.1, -0.05) is 18.7 Å². The topological polar surface area (TPSA) is 59.6 Å². The van der Waals surface area contributed by atoms with Crippen LogP contribution >= 0.6 is 0 Å². The molecule has 5 nitrogen and oxygen atoms in total. The van der Waals surface area contributed by atoms with Crippen LogP contribution < -0.4 is 15.4 Å². The lowest BCUT2D eigenvalue weighted by molar-refractivity contribution is 0.173. The van der Waals surface area contributed by atoms with Crippen molar-refractivity contribution in [1.29, 1.82) is 0 Å². The molecule has 1 unspecified atom stereocenters. The molecule has 1 atom stereocenters. The summed E-state index contributed by atoms with van der Waals surface area (Å²) in [5.41, 5.74) is 0.670. The quantitative estimate of drug-likeness (QED) is 0.743. The minimum Gasteiger partial charge on any atom is -0.489 e. The van der Waals surface area contributed by atoms with Crippen molar-refractivity contribution in [2.24, 2.45) is 0 Å². The van der Waals surface area contributed by atoms with Crippen molar-refractivity contribution in [3.05, 3.63) is 36.9 Å². The number of urea groups is 1. The van der Waals surface area contributed by atoms with E-state index in [4.69, 9.17) is 9.47 Å². The molecule has 0 heterocycles. The molecule has 0 aliphatic heterocycles. The summed E-state index contributed by atoms with van der Waals surface area (Å²) < 4.78 is 10.3. The summed E-state index contributed by atoms with van der Waals surface area (Å²) in [5.74, 6) is 0.683. The first kappa shape index (κ1) is 15.0. The van der Waals surface area contributed by atoms with Crippen LogP contribution in [0.15, 0.2) is 36.9 Å². The number of carbonyl (C=O) groups is 1. The summed E-state index contributed by atoms with van der Waals surface area (Å²) in [7, 11) is 1.59. The Kier molecular flexibility index (Phi) is 6.46. The molecule has 2 N–H and O–H groups in total. The third-order valence-corrected chi connectivity index (χ3v) is 2.25. The second-order valence-electron chi connectivity index (χ2n) is 4.08. The Hall–Kier alpha value is -2.01. The van der Waals surface area contributed by atoms with Gasteiger partial charge < -0.3 is 20.1 Å². The van der Waals surface area contributed by atoms with Crippen LogP contribution in [0.3, 0.4) is 0 Å². The van der Waals surface area contributed by atoms with Crippen molar-refractivity contribution in [2.75, 3.05) is 25.6 Å². The molecule has 0 spiro atoms. The van der Waals surface area contributed by atoms with Crippen LogP contribution in [-0.4, -0.2) is 32.4 Å². The highest BCUT2D eigenvalue weighted by atomic mass is 16.5. The lowest BCUT2D eigenvalue weighted by Gasteiger charge is -2.14. The van der Waals surface area contributed by atoms with Gasteiger partial charge in [-0.3, -0.25) is 0 Å². The summed E-state index contributed by atoms with van der Waals surface area (Å²) >= 11 is 0. The fraction of sp³-hybridized carbons (Fsp3) is 0.357. The van der Waals surface area contributed by atoms with Gasteiger partial charge in [-0.25, -0.2) is 4.79 Å². The number of rotatable bonds is 7. The Morgan fingerprint density at radius 3 is 3.00 bits per heavy atom. The summed E-state index contributed by atoms with van der Waals surface area (Å²) in [6.45, 7) is 6.35. The maximum absolute atomic E-state index is 11.7. The molecule has 0 saturated heterocycles. The zero-order chi connectivity index (χ0) is 14.1. The van der Waals surface area contributed by atoms with Gasteiger partial charge in [0.15, 0.2) is 0 Å². The smallest absolute Gasteiger partial charge is 0.319 e. The molecule has 0 fully saturated rings. The maximum Gasteiger partial charge on any atom is 0.319 e. The second-order valence-corrected chi connectivity index (χ2v) is 4.08. The van der Waals surface area contributed by atoms with E-state index in [0.717, 1.165) is 0 Å². The third kappa shape index (κ3) is 5.92. The normalized spacial score (nSPS) is 11.5. The molecular weight excluding hydrogens is 244 g/mol. The molecule has 0 radical (unpaired) electrons. The molecule has 0 bridgehead atoms. The monoisotopic (exact) mass is 264 g/mol. The average molecular weight is 264 g/mol. The van der Waals surface area contributed by atoms with E-state index >= 15 is 0 Å². The molecule has 1 rings (SSSR count). The minimum atomic E-state index is -0.273. The zero-order valence-electron chi connectivity index (χ0n) is 11.3. The Labute approximate surface area is 113 Å². The molecule has 19 heavy (non-hydrogen) atoms. The minimum absolute atomic E-state index is 0.0507. The maximum atomic E-state index is 11.7. The van der Waals surface area contributed by atoms with E-state index in [2.05, 4.69) is 17.2 Å². The van der Waals surface area contributed by atoms with Gasteiger partial charge in [-0.15, -0.1) is 0 Å². The number of ether oxygens (including phenoxy) is 2. The van der Waals surface area contributed by atoms with Gasteiger partial charge in [-0.05, 0) is 19.1 Å². The van der Waals surface area contributed by atoms with Crippen molar-refractivity contribution in [1.82, 2.24) is 5.32 Å². The zero-order valence-corrected chi connectivity index (χ0v) is 11.3. The predicted molar refractivity (Wildman–Crippen MR) is 75.6 cm³/mol. The first-order chi connectivity index (χ1) is 9.15. The molecule has 5 heteroatoms. The number of benzene rings is 1. The van der Waals surface area contributed by atoms with Crippen LogP contribution in [0.5, 0.6) is 5.75 Å². The van der Waals surface area contributed by atoms with E-state index in [1.165, 1.54) is 0 Å². The van der Waals surface area contributed by atoms with E-state index in [1.54, 1.807) is 25.3 Å². The highest BCUT2D eigenvalue weighted by Crippen LogP contribution is 2.17. The number of amides is 2. The Morgan fingerprint density at radius 2 is 2.32 bits per heavy atom. The highest BCUT2D eigenvalue weighted by Gasteiger charge is 2.07. The molecule has 0 aromatic heterocycles. The fourth-order valence-corrected chi connectivity index (χ4v) is 1.50. The highest BCUT2D eigenvalue weighted by molar-refractivity contribution is 5.89. The van der Waals surface area contributed by atoms with E-state index in [1.807, 2.05) is 19.1 Å². The van der Waals surface area contributed by atoms with Gasteiger partial charge in [0.25, 0.3) is 0 Å². The molecule has 0 aliphatic carbocycles. The van der Waals surface area contributed by atoms with Crippen molar-refractivity contribution in [3.63, 3.8) is 0 Å². The van der Waals surface area contributed by atoms with Crippen molar-refractivity contribution in [3.8, 4) is 5.75 Å². The predicted octanol–water partition coefficient (Wildman–Crippen LogP) is 2.41. The molecular formula is C14H20N2O3. The Bertz CT molecular complexity index is 421. The summed E-state index contributed by atoms with van der Waals surface area (Å²) in [6, 6.07) is 6.86. The van der Waals surface area contributed by atoms with Crippen molar-refractivity contribution >= 4 is 11.7 Å². The van der Waals surface area contributed by atoms with E-state index in [9.17, 15) is 4.79 Å². The van der Waals surface area contributed by atoms with Crippen molar-refractivity contribution in [2.45, 2.75) is 13.0 Å². The lowest BCUT2D eigenvalue weighted by atomic mass is 10.3. The van der Waals surface area contributed by atoms with Crippen LogP contribution in [0.1, 0.15) is 6.92 Å². The second kappa shape index (κ2) is 8.16.